The van der Waals surface area contributed by atoms with Crippen molar-refractivity contribution in [2.75, 3.05) is 6.61 Å². The zero-order valence-corrected chi connectivity index (χ0v) is 16.7. The molecule has 0 N–H and O–H groups in total. The Morgan fingerprint density at radius 2 is 1.56 bits per heavy atom. The minimum Gasteiger partial charge on any atom is -0.466 e. The van der Waals surface area contributed by atoms with Gasteiger partial charge >= 0.3 is 5.97 Å². The van der Waals surface area contributed by atoms with Crippen molar-refractivity contribution in [3.8, 4) is 0 Å². The molecule has 2 saturated carbocycles. The number of unbranched alkanes of at least 4 members (excludes halogenated alkanes) is 1. The Bertz CT molecular complexity index is 385. The minimum absolute atomic E-state index is 0.0273. The molecule has 2 aliphatic rings. The molecule has 144 valence electrons. The average molecular weight is 349 g/mol. The third-order valence-corrected chi connectivity index (χ3v) is 6.47. The average Bonchev–Trinajstić information content (AvgIpc) is 2.65. The van der Waals surface area contributed by atoms with Crippen molar-refractivity contribution in [1.82, 2.24) is 0 Å². The van der Waals surface area contributed by atoms with Crippen LogP contribution in [0.15, 0.2) is 12.2 Å². The summed E-state index contributed by atoms with van der Waals surface area (Å²) in [6.45, 7) is 4.71. The van der Waals surface area contributed by atoms with Crippen LogP contribution in [0.3, 0.4) is 0 Å². The highest BCUT2D eigenvalue weighted by Gasteiger charge is 2.26. The first-order valence-electron chi connectivity index (χ1n) is 11.1. The molecule has 0 aromatic rings. The summed E-state index contributed by atoms with van der Waals surface area (Å²) in [5.41, 5.74) is 0. The van der Waals surface area contributed by atoms with Crippen LogP contribution in [0.25, 0.3) is 0 Å². The van der Waals surface area contributed by atoms with Gasteiger partial charge in [-0.3, -0.25) is 4.79 Å². The molecule has 0 heterocycles. The van der Waals surface area contributed by atoms with E-state index in [9.17, 15) is 4.79 Å². The lowest BCUT2D eigenvalue weighted by Gasteiger charge is -2.28. The standard InChI is InChI=1S/C23H40O2/c1-3-5-8-19-11-13-20(14-12-19)9-6-7-10-21-15-17-22(18-16-21)23(24)25-4-2/h7,10,19-22H,3-6,8-9,11-18H2,1-2H3/b10-7+. The highest BCUT2D eigenvalue weighted by molar-refractivity contribution is 5.72. The molecule has 2 rings (SSSR count). The Kier molecular flexibility index (Phi) is 9.65. The second-order valence-corrected chi connectivity index (χ2v) is 8.40. The van der Waals surface area contributed by atoms with E-state index >= 15 is 0 Å². The molecule has 0 atom stereocenters. The number of allylic oxidation sites excluding steroid dienone is 2. The topological polar surface area (TPSA) is 26.3 Å². The normalized spacial score (nSPS) is 30.5. The van der Waals surface area contributed by atoms with Gasteiger partial charge in [0.05, 0.1) is 12.5 Å². The van der Waals surface area contributed by atoms with Crippen molar-refractivity contribution >= 4 is 5.97 Å². The Morgan fingerprint density at radius 1 is 0.920 bits per heavy atom. The molecule has 2 nitrogen and oxygen atoms in total. The molecule has 0 aromatic heterocycles. The molecule has 2 fully saturated rings. The molecule has 0 saturated heterocycles. The van der Waals surface area contributed by atoms with E-state index in [0.29, 0.717) is 12.5 Å². The lowest BCUT2D eigenvalue weighted by molar-refractivity contribution is -0.149. The van der Waals surface area contributed by atoms with Crippen LogP contribution in [-0.4, -0.2) is 12.6 Å². The molecular formula is C23H40O2. The van der Waals surface area contributed by atoms with Gasteiger partial charge in [0.15, 0.2) is 0 Å². The number of hydrogen-bond acceptors (Lipinski definition) is 2. The molecule has 0 radical (unpaired) electrons. The zero-order chi connectivity index (χ0) is 17.9. The first-order chi connectivity index (χ1) is 12.2. The molecule has 0 amide bonds. The number of carbonyl (C=O) groups excluding carboxylic acids is 1. The highest BCUT2D eigenvalue weighted by Crippen LogP contribution is 2.34. The number of rotatable bonds is 9. The van der Waals surface area contributed by atoms with Crippen molar-refractivity contribution in [2.45, 2.75) is 97.3 Å². The largest absolute Gasteiger partial charge is 0.466 e. The molecule has 2 aliphatic carbocycles. The van der Waals surface area contributed by atoms with E-state index in [-0.39, 0.29) is 11.9 Å². The van der Waals surface area contributed by atoms with Crippen LogP contribution in [0.2, 0.25) is 0 Å². The highest BCUT2D eigenvalue weighted by atomic mass is 16.5. The molecule has 0 unspecified atom stereocenters. The van der Waals surface area contributed by atoms with Crippen LogP contribution in [0.1, 0.15) is 97.3 Å². The van der Waals surface area contributed by atoms with Gasteiger partial charge in [-0.15, -0.1) is 0 Å². The van der Waals surface area contributed by atoms with Gasteiger partial charge in [0, 0.05) is 0 Å². The van der Waals surface area contributed by atoms with E-state index in [2.05, 4.69) is 19.1 Å². The van der Waals surface area contributed by atoms with Crippen LogP contribution in [0, 0.1) is 23.7 Å². The fourth-order valence-electron chi connectivity index (χ4n) is 4.73. The van der Waals surface area contributed by atoms with Crippen LogP contribution in [0.5, 0.6) is 0 Å². The molecule has 2 heteroatoms. The fourth-order valence-corrected chi connectivity index (χ4v) is 4.73. The predicted octanol–water partition coefficient (Wildman–Crippen LogP) is 6.69. The molecule has 0 bridgehead atoms. The molecule has 25 heavy (non-hydrogen) atoms. The van der Waals surface area contributed by atoms with Crippen LogP contribution < -0.4 is 0 Å². The van der Waals surface area contributed by atoms with E-state index in [0.717, 1.165) is 37.5 Å². The monoisotopic (exact) mass is 348 g/mol. The third-order valence-electron chi connectivity index (χ3n) is 6.47. The summed E-state index contributed by atoms with van der Waals surface area (Å²) in [6.07, 6.45) is 22.0. The summed E-state index contributed by atoms with van der Waals surface area (Å²) in [5.74, 6) is 2.88. The number of hydrogen-bond donors (Lipinski definition) is 0. The van der Waals surface area contributed by atoms with E-state index < -0.39 is 0 Å². The van der Waals surface area contributed by atoms with E-state index in [1.807, 2.05) is 6.92 Å². The van der Waals surface area contributed by atoms with Gasteiger partial charge in [-0.2, -0.15) is 0 Å². The maximum Gasteiger partial charge on any atom is 0.308 e. The van der Waals surface area contributed by atoms with Gasteiger partial charge in [-0.25, -0.2) is 0 Å². The summed E-state index contributed by atoms with van der Waals surface area (Å²) in [6, 6.07) is 0. The molecule has 0 aromatic carbocycles. The Morgan fingerprint density at radius 3 is 2.16 bits per heavy atom. The molecule has 0 aliphatic heterocycles. The van der Waals surface area contributed by atoms with Crippen molar-refractivity contribution in [3.63, 3.8) is 0 Å². The van der Waals surface area contributed by atoms with Crippen molar-refractivity contribution < 1.29 is 9.53 Å². The Balaban J connectivity index is 1.55. The maximum absolute atomic E-state index is 11.8. The summed E-state index contributed by atoms with van der Waals surface area (Å²) < 4.78 is 5.15. The molecule has 0 spiro atoms. The van der Waals surface area contributed by atoms with E-state index in [1.54, 1.807) is 0 Å². The first kappa shape index (κ1) is 20.5. The van der Waals surface area contributed by atoms with Crippen LogP contribution in [-0.2, 0) is 9.53 Å². The Labute approximate surface area is 155 Å². The lowest BCUT2D eigenvalue weighted by atomic mass is 9.78. The minimum atomic E-state index is 0.0273. The van der Waals surface area contributed by atoms with Gasteiger partial charge < -0.3 is 4.74 Å². The van der Waals surface area contributed by atoms with Crippen LogP contribution >= 0.6 is 0 Å². The Hall–Kier alpha value is -0.790. The smallest absolute Gasteiger partial charge is 0.308 e. The summed E-state index contributed by atoms with van der Waals surface area (Å²) in [5, 5.41) is 0. The van der Waals surface area contributed by atoms with Gasteiger partial charge in [-0.05, 0) is 63.2 Å². The second kappa shape index (κ2) is 11.8. The number of esters is 1. The van der Waals surface area contributed by atoms with Gasteiger partial charge in [0.2, 0.25) is 0 Å². The third kappa shape index (κ3) is 7.54. The van der Waals surface area contributed by atoms with Gasteiger partial charge in [0.25, 0.3) is 0 Å². The van der Waals surface area contributed by atoms with Crippen molar-refractivity contribution in [1.29, 1.82) is 0 Å². The number of ether oxygens (including phenoxy) is 1. The maximum atomic E-state index is 11.8. The second-order valence-electron chi connectivity index (χ2n) is 8.40. The predicted molar refractivity (Wildman–Crippen MR) is 105 cm³/mol. The van der Waals surface area contributed by atoms with Crippen LogP contribution in [0.4, 0.5) is 0 Å². The number of carbonyl (C=O) groups is 1. The van der Waals surface area contributed by atoms with Gasteiger partial charge in [0.1, 0.15) is 0 Å². The summed E-state index contributed by atoms with van der Waals surface area (Å²) in [4.78, 5) is 11.8. The van der Waals surface area contributed by atoms with E-state index in [4.69, 9.17) is 4.74 Å². The SMILES string of the molecule is CCCCC1CCC(CC/C=C/C2CCC(C(=O)OCC)CC2)CC1. The molecular weight excluding hydrogens is 308 g/mol. The summed E-state index contributed by atoms with van der Waals surface area (Å²) >= 11 is 0. The van der Waals surface area contributed by atoms with Crippen molar-refractivity contribution in [2.24, 2.45) is 23.7 Å². The van der Waals surface area contributed by atoms with Gasteiger partial charge in [-0.1, -0.05) is 64.0 Å². The lowest BCUT2D eigenvalue weighted by Crippen LogP contribution is -2.23. The quantitative estimate of drug-likeness (QED) is 0.343. The summed E-state index contributed by atoms with van der Waals surface area (Å²) in [7, 11) is 0. The van der Waals surface area contributed by atoms with E-state index in [1.165, 1.54) is 57.8 Å². The first-order valence-corrected chi connectivity index (χ1v) is 11.1. The van der Waals surface area contributed by atoms with Crippen molar-refractivity contribution in [3.05, 3.63) is 12.2 Å². The zero-order valence-electron chi connectivity index (χ0n) is 16.7. The fraction of sp³-hybridized carbons (Fsp3) is 0.870.